The molecule has 1 aliphatic rings. The number of halogens is 1. The van der Waals surface area contributed by atoms with Crippen molar-refractivity contribution in [1.29, 1.82) is 0 Å². The van der Waals surface area contributed by atoms with Gasteiger partial charge in [-0.05, 0) is 48.8 Å². The average molecular weight is 403 g/mol. The van der Waals surface area contributed by atoms with Crippen molar-refractivity contribution in [3.8, 4) is 0 Å². The van der Waals surface area contributed by atoms with Gasteiger partial charge in [0.2, 0.25) is 5.91 Å². The fourth-order valence-corrected chi connectivity index (χ4v) is 3.88. The molecule has 27 heavy (non-hydrogen) atoms. The van der Waals surface area contributed by atoms with Crippen LogP contribution in [0.4, 0.5) is 5.69 Å². The molecule has 1 amide bonds. The molecule has 0 unspecified atom stereocenters. The number of carbonyl (C=O) groups is 2. The van der Waals surface area contributed by atoms with E-state index in [0.29, 0.717) is 10.7 Å². The van der Waals surface area contributed by atoms with E-state index < -0.39 is 11.4 Å². The zero-order valence-corrected chi connectivity index (χ0v) is 16.1. The number of thiocarbonyl (C=S) groups is 1. The normalized spacial score (nSPS) is 15.1. The Balaban J connectivity index is 1.76. The molecule has 1 aliphatic carbocycles. The van der Waals surface area contributed by atoms with Crippen LogP contribution >= 0.6 is 23.8 Å². The fraction of sp³-hybridized carbons (Fsp3) is 0.250. The number of anilines is 1. The lowest BCUT2D eigenvalue weighted by molar-refractivity contribution is -0.125. The summed E-state index contributed by atoms with van der Waals surface area (Å²) in [6, 6.07) is 14.0. The molecular weight excluding hydrogens is 384 g/mol. The van der Waals surface area contributed by atoms with Crippen LogP contribution < -0.4 is 10.6 Å². The van der Waals surface area contributed by atoms with Crippen LogP contribution in [-0.4, -0.2) is 22.1 Å². The van der Waals surface area contributed by atoms with Crippen LogP contribution in [-0.2, 0) is 10.2 Å². The number of benzene rings is 2. The number of rotatable bonds is 4. The zero-order chi connectivity index (χ0) is 19.4. The van der Waals surface area contributed by atoms with Crippen molar-refractivity contribution in [2.75, 3.05) is 5.32 Å². The number of aromatic carboxylic acids is 1. The highest BCUT2D eigenvalue weighted by atomic mass is 35.5. The number of hydrogen-bond donors (Lipinski definition) is 3. The summed E-state index contributed by atoms with van der Waals surface area (Å²) in [6.45, 7) is 0. The van der Waals surface area contributed by atoms with E-state index in [0.717, 1.165) is 31.2 Å². The van der Waals surface area contributed by atoms with Gasteiger partial charge >= 0.3 is 5.97 Å². The van der Waals surface area contributed by atoms with Crippen molar-refractivity contribution in [2.45, 2.75) is 31.1 Å². The van der Waals surface area contributed by atoms with Gasteiger partial charge in [-0.25, -0.2) is 4.79 Å². The Morgan fingerprint density at radius 2 is 1.74 bits per heavy atom. The van der Waals surface area contributed by atoms with Gasteiger partial charge in [0.1, 0.15) is 0 Å². The first-order chi connectivity index (χ1) is 12.9. The van der Waals surface area contributed by atoms with E-state index in [-0.39, 0.29) is 16.6 Å². The molecule has 0 aliphatic heterocycles. The minimum Gasteiger partial charge on any atom is -0.478 e. The Morgan fingerprint density at radius 3 is 2.37 bits per heavy atom. The summed E-state index contributed by atoms with van der Waals surface area (Å²) in [5, 5.41) is 15.1. The Kier molecular flexibility index (Phi) is 5.77. The van der Waals surface area contributed by atoms with Gasteiger partial charge in [-0.3, -0.25) is 4.79 Å². The zero-order valence-electron chi connectivity index (χ0n) is 14.5. The molecular formula is C20H19ClN2O3S. The molecule has 0 aromatic heterocycles. The first-order valence-corrected chi connectivity index (χ1v) is 9.42. The van der Waals surface area contributed by atoms with Crippen LogP contribution in [0.25, 0.3) is 0 Å². The Labute approximate surface area is 167 Å². The molecule has 0 heterocycles. The highest BCUT2D eigenvalue weighted by Gasteiger charge is 2.42. The number of carboxylic acid groups (broad SMARTS) is 1. The van der Waals surface area contributed by atoms with E-state index in [1.165, 1.54) is 18.2 Å². The smallest absolute Gasteiger partial charge is 0.335 e. The highest BCUT2D eigenvalue weighted by molar-refractivity contribution is 7.80. The lowest BCUT2D eigenvalue weighted by atomic mass is 9.78. The van der Waals surface area contributed by atoms with Crippen LogP contribution in [0.15, 0.2) is 48.5 Å². The van der Waals surface area contributed by atoms with Crippen LogP contribution in [0.5, 0.6) is 0 Å². The van der Waals surface area contributed by atoms with E-state index in [9.17, 15) is 9.59 Å². The lowest BCUT2D eigenvalue weighted by Gasteiger charge is -2.28. The Bertz CT molecular complexity index is 880. The van der Waals surface area contributed by atoms with Crippen LogP contribution in [0.3, 0.4) is 0 Å². The lowest BCUT2D eigenvalue weighted by Crippen LogP contribution is -2.46. The molecule has 1 saturated carbocycles. The minimum atomic E-state index is -1.07. The average Bonchev–Trinajstić information content (AvgIpc) is 3.15. The molecule has 0 atom stereocenters. The molecule has 0 spiro atoms. The standard InChI is InChI=1S/C20H19ClN2O3S/c21-15-9-8-13(17(24)25)12-16(15)22-19(27)23-18(26)20(10-4-5-11-20)14-6-2-1-3-7-14/h1-3,6-9,12H,4-5,10-11H2,(H,24,25)(H2,22,23,26,27). The van der Waals surface area contributed by atoms with E-state index >= 15 is 0 Å². The summed E-state index contributed by atoms with van der Waals surface area (Å²) in [5.41, 5.74) is 0.794. The van der Waals surface area contributed by atoms with E-state index in [4.69, 9.17) is 28.9 Å². The minimum absolute atomic E-state index is 0.0765. The van der Waals surface area contributed by atoms with Gasteiger partial charge in [0, 0.05) is 0 Å². The topological polar surface area (TPSA) is 78.4 Å². The number of hydrogen-bond acceptors (Lipinski definition) is 3. The van der Waals surface area contributed by atoms with Gasteiger partial charge in [0.05, 0.1) is 21.7 Å². The largest absolute Gasteiger partial charge is 0.478 e. The summed E-state index contributed by atoms with van der Waals surface area (Å²) in [7, 11) is 0. The van der Waals surface area contributed by atoms with Crippen LogP contribution in [0.1, 0.15) is 41.6 Å². The van der Waals surface area contributed by atoms with E-state index in [2.05, 4.69) is 10.6 Å². The van der Waals surface area contributed by atoms with Gasteiger partial charge < -0.3 is 15.7 Å². The summed E-state index contributed by atoms with van der Waals surface area (Å²) in [5.74, 6) is -1.23. The highest BCUT2D eigenvalue weighted by Crippen LogP contribution is 2.41. The molecule has 2 aromatic rings. The Morgan fingerprint density at radius 1 is 1.07 bits per heavy atom. The van der Waals surface area contributed by atoms with Gasteiger partial charge in [-0.2, -0.15) is 0 Å². The molecule has 2 aromatic carbocycles. The van der Waals surface area contributed by atoms with Gasteiger partial charge in [-0.15, -0.1) is 0 Å². The van der Waals surface area contributed by atoms with Crippen molar-refractivity contribution in [1.82, 2.24) is 5.32 Å². The second-order valence-electron chi connectivity index (χ2n) is 6.56. The SMILES string of the molecule is O=C(O)c1ccc(Cl)c(NC(=S)NC(=O)C2(c3ccccc3)CCCC2)c1. The summed E-state index contributed by atoms with van der Waals surface area (Å²) >= 11 is 11.4. The molecule has 3 rings (SSSR count). The predicted molar refractivity (Wildman–Crippen MR) is 109 cm³/mol. The molecule has 0 bridgehead atoms. The second kappa shape index (κ2) is 8.06. The maximum absolute atomic E-state index is 13.1. The third kappa shape index (κ3) is 4.12. The number of carboxylic acids is 1. The molecule has 0 radical (unpaired) electrons. The van der Waals surface area contributed by atoms with Crippen molar-refractivity contribution in [3.05, 3.63) is 64.7 Å². The quantitative estimate of drug-likeness (QED) is 0.662. The number of nitrogens with one attached hydrogen (secondary N) is 2. The third-order valence-corrected chi connectivity index (χ3v) is 5.44. The summed E-state index contributed by atoms with van der Waals surface area (Å²) < 4.78 is 0. The number of carbonyl (C=O) groups excluding carboxylic acids is 1. The van der Waals surface area contributed by atoms with Gasteiger partial charge in [0.15, 0.2) is 5.11 Å². The fourth-order valence-electron chi connectivity index (χ4n) is 3.51. The van der Waals surface area contributed by atoms with Crippen molar-refractivity contribution in [2.24, 2.45) is 0 Å². The maximum atomic E-state index is 13.1. The summed E-state index contributed by atoms with van der Waals surface area (Å²) in [6.07, 6.45) is 3.49. The monoisotopic (exact) mass is 402 g/mol. The Hall–Kier alpha value is -2.44. The van der Waals surface area contributed by atoms with E-state index in [1.54, 1.807) is 0 Å². The van der Waals surface area contributed by atoms with Crippen LogP contribution in [0, 0.1) is 0 Å². The third-order valence-electron chi connectivity index (χ3n) is 4.91. The summed E-state index contributed by atoms with van der Waals surface area (Å²) in [4.78, 5) is 24.2. The second-order valence-corrected chi connectivity index (χ2v) is 7.38. The predicted octanol–water partition coefficient (Wildman–Crippen LogP) is 4.36. The number of amides is 1. The van der Waals surface area contributed by atoms with Crippen LogP contribution in [0.2, 0.25) is 5.02 Å². The molecule has 1 fully saturated rings. The first kappa shape index (κ1) is 19.3. The molecule has 3 N–H and O–H groups in total. The first-order valence-electron chi connectivity index (χ1n) is 8.63. The molecule has 5 nitrogen and oxygen atoms in total. The van der Waals surface area contributed by atoms with Gasteiger partial charge in [-0.1, -0.05) is 54.8 Å². The molecule has 0 saturated heterocycles. The van der Waals surface area contributed by atoms with Crippen molar-refractivity contribution < 1.29 is 14.7 Å². The van der Waals surface area contributed by atoms with Gasteiger partial charge in [0.25, 0.3) is 0 Å². The maximum Gasteiger partial charge on any atom is 0.335 e. The van der Waals surface area contributed by atoms with Crippen molar-refractivity contribution >= 4 is 46.5 Å². The van der Waals surface area contributed by atoms with E-state index in [1.807, 2.05) is 30.3 Å². The molecule has 7 heteroatoms. The molecule has 140 valence electrons. The van der Waals surface area contributed by atoms with Crippen molar-refractivity contribution in [3.63, 3.8) is 0 Å².